The van der Waals surface area contributed by atoms with Gasteiger partial charge in [0, 0.05) is 18.1 Å². The van der Waals surface area contributed by atoms with Crippen molar-refractivity contribution in [3.8, 4) is 0 Å². The number of aromatic nitrogens is 2. The van der Waals surface area contributed by atoms with Gasteiger partial charge in [-0.15, -0.1) is 0 Å². The molecule has 2 heterocycles. The van der Waals surface area contributed by atoms with Gasteiger partial charge in [0.1, 0.15) is 0 Å². The number of nitrogens with one attached hydrogen (secondary N) is 1. The van der Waals surface area contributed by atoms with Crippen LogP contribution < -0.4 is 11.3 Å². The number of hydrazine groups is 1. The molecule has 88 valence electrons. The van der Waals surface area contributed by atoms with Crippen LogP contribution >= 0.6 is 0 Å². The third-order valence-electron chi connectivity index (χ3n) is 2.60. The molecule has 4 heteroatoms. The summed E-state index contributed by atoms with van der Waals surface area (Å²) in [6, 6.07) is 7.83. The van der Waals surface area contributed by atoms with Crippen LogP contribution in [0.3, 0.4) is 0 Å². The normalized spacial score (nSPS) is 12.4. The van der Waals surface area contributed by atoms with Crippen molar-refractivity contribution < 1.29 is 0 Å². The van der Waals surface area contributed by atoms with Crippen LogP contribution in [0.1, 0.15) is 28.6 Å². The van der Waals surface area contributed by atoms with Crippen LogP contribution in [-0.2, 0) is 0 Å². The molecule has 0 saturated carbocycles. The predicted molar refractivity (Wildman–Crippen MR) is 67.1 cm³/mol. The summed E-state index contributed by atoms with van der Waals surface area (Å²) in [5.74, 6) is 5.62. The summed E-state index contributed by atoms with van der Waals surface area (Å²) in [5, 5.41) is 0. The highest BCUT2D eigenvalue weighted by Gasteiger charge is 2.14. The molecule has 1 unspecified atom stereocenters. The summed E-state index contributed by atoms with van der Waals surface area (Å²) in [6.07, 6.45) is 3.63. The average Bonchev–Trinajstić information content (AvgIpc) is 2.30. The molecular formula is C13H16N4. The zero-order valence-corrected chi connectivity index (χ0v) is 10.0. The minimum absolute atomic E-state index is 0.123. The molecule has 0 radical (unpaired) electrons. The van der Waals surface area contributed by atoms with E-state index in [9.17, 15) is 0 Å². The van der Waals surface area contributed by atoms with Crippen molar-refractivity contribution in [2.24, 2.45) is 5.84 Å². The molecule has 2 rings (SSSR count). The lowest BCUT2D eigenvalue weighted by Gasteiger charge is -2.16. The van der Waals surface area contributed by atoms with Gasteiger partial charge in [0.25, 0.3) is 0 Å². The zero-order chi connectivity index (χ0) is 12.3. The van der Waals surface area contributed by atoms with Gasteiger partial charge in [-0.1, -0.05) is 12.1 Å². The van der Waals surface area contributed by atoms with Crippen molar-refractivity contribution in [3.05, 3.63) is 59.2 Å². The molecule has 4 nitrogen and oxygen atoms in total. The zero-order valence-electron chi connectivity index (χ0n) is 10.0. The fourth-order valence-electron chi connectivity index (χ4n) is 1.81. The van der Waals surface area contributed by atoms with Gasteiger partial charge >= 0.3 is 0 Å². The van der Waals surface area contributed by atoms with Crippen LogP contribution in [0.4, 0.5) is 0 Å². The van der Waals surface area contributed by atoms with E-state index < -0.39 is 0 Å². The first-order chi connectivity index (χ1) is 8.20. The Labute approximate surface area is 101 Å². The van der Waals surface area contributed by atoms with E-state index in [1.54, 1.807) is 0 Å². The molecule has 0 aromatic carbocycles. The molecule has 2 aromatic rings. The minimum Gasteiger partial charge on any atom is -0.271 e. The maximum atomic E-state index is 5.62. The van der Waals surface area contributed by atoms with Crippen LogP contribution in [0.5, 0.6) is 0 Å². The lowest BCUT2D eigenvalue weighted by atomic mass is 10.0. The van der Waals surface area contributed by atoms with E-state index in [2.05, 4.69) is 21.5 Å². The molecule has 0 aliphatic rings. The van der Waals surface area contributed by atoms with Crippen LogP contribution in [0.25, 0.3) is 0 Å². The first-order valence-electron chi connectivity index (χ1n) is 5.52. The van der Waals surface area contributed by atoms with E-state index >= 15 is 0 Å². The van der Waals surface area contributed by atoms with E-state index in [0.29, 0.717) is 0 Å². The number of nitrogens with zero attached hydrogens (tertiary/aromatic N) is 2. The molecular weight excluding hydrogens is 212 g/mol. The van der Waals surface area contributed by atoms with Crippen molar-refractivity contribution in [2.45, 2.75) is 19.9 Å². The number of rotatable bonds is 3. The molecule has 0 bridgehead atoms. The summed E-state index contributed by atoms with van der Waals surface area (Å²) < 4.78 is 0. The highest BCUT2D eigenvalue weighted by atomic mass is 15.2. The van der Waals surface area contributed by atoms with Crippen molar-refractivity contribution >= 4 is 0 Å². The third-order valence-corrected chi connectivity index (χ3v) is 2.60. The Balaban J connectivity index is 2.40. The summed E-state index contributed by atoms with van der Waals surface area (Å²) in [6.45, 7) is 3.97. The van der Waals surface area contributed by atoms with Gasteiger partial charge in [-0.2, -0.15) is 0 Å². The SMILES string of the molecule is Cc1cncc(C(NN)c2cccc(C)n2)c1. The second-order valence-electron chi connectivity index (χ2n) is 4.10. The predicted octanol–water partition coefficient (Wildman–Crippen LogP) is 1.65. The van der Waals surface area contributed by atoms with Gasteiger partial charge in [-0.05, 0) is 37.1 Å². The van der Waals surface area contributed by atoms with Gasteiger partial charge in [-0.25, -0.2) is 5.43 Å². The van der Waals surface area contributed by atoms with Crippen LogP contribution in [0.2, 0.25) is 0 Å². The lowest BCUT2D eigenvalue weighted by Crippen LogP contribution is -2.29. The largest absolute Gasteiger partial charge is 0.271 e. The molecule has 0 aliphatic heterocycles. The monoisotopic (exact) mass is 228 g/mol. The molecule has 1 atom stereocenters. The topological polar surface area (TPSA) is 63.8 Å². The van der Waals surface area contributed by atoms with Gasteiger partial charge < -0.3 is 0 Å². The van der Waals surface area contributed by atoms with E-state index in [4.69, 9.17) is 5.84 Å². The number of pyridine rings is 2. The molecule has 0 spiro atoms. The standard InChI is InChI=1S/C13H16N4/c1-9-6-11(8-15-7-9)13(17-14)12-5-3-4-10(2)16-12/h3-8,13,17H,14H2,1-2H3. The highest BCUT2D eigenvalue weighted by Crippen LogP contribution is 2.19. The van der Waals surface area contributed by atoms with Gasteiger partial charge in [0.05, 0.1) is 11.7 Å². The number of hydrogen-bond donors (Lipinski definition) is 2. The van der Waals surface area contributed by atoms with E-state index in [-0.39, 0.29) is 6.04 Å². The summed E-state index contributed by atoms with van der Waals surface area (Å²) in [7, 11) is 0. The Morgan fingerprint density at radius 3 is 2.71 bits per heavy atom. The van der Waals surface area contributed by atoms with Crippen LogP contribution in [-0.4, -0.2) is 9.97 Å². The number of nitrogens with two attached hydrogens (primary N) is 1. The average molecular weight is 228 g/mol. The molecule has 0 saturated heterocycles. The van der Waals surface area contributed by atoms with Crippen molar-refractivity contribution in [1.82, 2.24) is 15.4 Å². The van der Waals surface area contributed by atoms with Gasteiger partial charge in [0.15, 0.2) is 0 Å². The van der Waals surface area contributed by atoms with E-state index in [1.807, 2.05) is 44.4 Å². The maximum Gasteiger partial charge on any atom is 0.0896 e. The Morgan fingerprint density at radius 2 is 2.06 bits per heavy atom. The lowest BCUT2D eigenvalue weighted by molar-refractivity contribution is 0.616. The van der Waals surface area contributed by atoms with Crippen molar-refractivity contribution in [3.63, 3.8) is 0 Å². The van der Waals surface area contributed by atoms with Crippen LogP contribution in [0.15, 0.2) is 36.7 Å². The van der Waals surface area contributed by atoms with E-state index in [1.165, 1.54) is 0 Å². The molecule has 17 heavy (non-hydrogen) atoms. The fourth-order valence-corrected chi connectivity index (χ4v) is 1.81. The summed E-state index contributed by atoms with van der Waals surface area (Å²) in [4.78, 5) is 8.66. The van der Waals surface area contributed by atoms with Crippen molar-refractivity contribution in [2.75, 3.05) is 0 Å². The van der Waals surface area contributed by atoms with Crippen molar-refractivity contribution in [1.29, 1.82) is 0 Å². The summed E-state index contributed by atoms with van der Waals surface area (Å²) in [5.41, 5.74) is 6.79. The molecule has 2 aromatic heterocycles. The van der Waals surface area contributed by atoms with Gasteiger partial charge in [0.2, 0.25) is 0 Å². The Hall–Kier alpha value is -1.78. The first-order valence-corrected chi connectivity index (χ1v) is 5.52. The smallest absolute Gasteiger partial charge is 0.0896 e. The molecule has 3 N–H and O–H groups in total. The van der Waals surface area contributed by atoms with Gasteiger partial charge in [-0.3, -0.25) is 15.8 Å². The first kappa shape index (κ1) is 11.7. The van der Waals surface area contributed by atoms with Crippen LogP contribution in [0, 0.1) is 13.8 Å². The second-order valence-corrected chi connectivity index (χ2v) is 4.10. The third kappa shape index (κ3) is 2.67. The number of hydrogen-bond acceptors (Lipinski definition) is 4. The fraction of sp³-hybridized carbons (Fsp3) is 0.231. The molecule has 0 amide bonds. The second kappa shape index (κ2) is 5.03. The Kier molecular flexibility index (Phi) is 3.46. The quantitative estimate of drug-likeness (QED) is 0.619. The van der Waals surface area contributed by atoms with E-state index in [0.717, 1.165) is 22.5 Å². The summed E-state index contributed by atoms with van der Waals surface area (Å²) >= 11 is 0. The maximum absolute atomic E-state index is 5.62. The molecule has 0 fully saturated rings. The number of aryl methyl sites for hydroxylation is 2. The Morgan fingerprint density at radius 1 is 1.24 bits per heavy atom. The highest BCUT2D eigenvalue weighted by molar-refractivity contribution is 5.28. The Bertz CT molecular complexity index is 465. The minimum atomic E-state index is -0.123. The molecule has 0 aliphatic carbocycles.